The summed E-state index contributed by atoms with van der Waals surface area (Å²) in [6.07, 6.45) is 2.37. The molecular weight excluding hydrogens is 380 g/mol. The number of aromatic nitrogens is 1. The molecule has 1 unspecified atom stereocenters. The van der Waals surface area contributed by atoms with Gasteiger partial charge in [-0.2, -0.15) is 0 Å². The number of carbonyl (C=O) groups excluding carboxylic acids is 2. The number of para-hydroxylation sites is 1. The first kappa shape index (κ1) is 21.7. The minimum absolute atomic E-state index is 0.144. The molecule has 1 atom stereocenters. The van der Waals surface area contributed by atoms with Crippen LogP contribution in [0.1, 0.15) is 12.5 Å². The predicted molar refractivity (Wildman–Crippen MR) is 116 cm³/mol. The molecule has 0 saturated heterocycles. The molecule has 0 saturated carbocycles. The van der Waals surface area contributed by atoms with Crippen LogP contribution in [0.5, 0.6) is 0 Å². The van der Waals surface area contributed by atoms with E-state index in [0.717, 1.165) is 34.5 Å². The molecule has 0 aliphatic heterocycles. The number of fused-ring (bicyclic) bond motifs is 1. The summed E-state index contributed by atoms with van der Waals surface area (Å²) in [6.45, 7) is 3.06. The number of hydrogen-bond donors (Lipinski definition) is 3. The fourth-order valence-electron chi connectivity index (χ4n) is 2.65. The number of nitrogens with zero attached hydrogens (tertiary/aromatic N) is 1. The Balaban J connectivity index is 1.84. The van der Waals surface area contributed by atoms with Gasteiger partial charge >= 0.3 is 0 Å². The van der Waals surface area contributed by atoms with Crippen molar-refractivity contribution in [3.05, 3.63) is 36.0 Å². The van der Waals surface area contributed by atoms with E-state index in [9.17, 15) is 9.59 Å². The molecule has 1 heterocycles. The van der Waals surface area contributed by atoms with Gasteiger partial charge < -0.3 is 20.5 Å². The molecule has 27 heavy (non-hydrogen) atoms. The average molecular weight is 409 g/mol. The lowest BCUT2D eigenvalue weighted by atomic mass is 10.0. The second kappa shape index (κ2) is 11.3. The minimum atomic E-state index is -0.576. The molecule has 6 nitrogen and oxygen atoms in total. The van der Waals surface area contributed by atoms with Crippen molar-refractivity contribution in [2.75, 3.05) is 38.7 Å². The molecule has 2 amide bonds. The van der Waals surface area contributed by atoms with Crippen LogP contribution in [0.4, 0.5) is 0 Å². The summed E-state index contributed by atoms with van der Waals surface area (Å²) >= 11 is 0. The number of carbonyl (C=O) groups is 2. The molecule has 0 bridgehead atoms. The SMILES string of the molecule is CC(=O)NC(Cc1c[nH]c2ccccc12)C(=O)NCCSSCCN(C)C. The number of aromatic amines is 1. The van der Waals surface area contributed by atoms with E-state index in [1.165, 1.54) is 6.92 Å². The van der Waals surface area contributed by atoms with E-state index in [1.54, 1.807) is 10.8 Å². The quantitative estimate of drug-likeness (QED) is 0.393. The van der Waals surface area contributed by atoms with Gasteiger partial charge in [0.05, 0.1) is 0 Å². The number of hydrogen-bond acceptors (Lipinski definition) is 5. The van der Waals surface area contributed by atoms with Crippen molar-refractivity contribution in [2.45, 2.75) is 19.4 Å². The lowest BCUT2D eigenvalue weighted by Crippen LogP contribution is -2.47. The number of amides is 2. The van der Waals surface area contributed by atoms with E-state index in [2.05, 4.69) is 34.6 Å². The molecule has 0 fully saturated rings. The zero-order valence-electron chi connectivity index (χ0n) is 16.1. The fraction of sp³-hybridized carbons (Fsp3) is 0.474. The maximum atomic E-state index is 12.6. The second-order valence-corrected chi connectivity index (χ2v) is 9.26. The average Bonchev–Trinajstić information content (AvgIpc) is 3.02. The first-order chi connectivity index (χ1) is 13.0. The van der Waals surface area contributed by atoms with Crippen LogP contribution in [0, 0.1) is 0 Å². The third-order valence-corrected chi connectivity index (χ3v) is 6.37. The van der Waals surface area contributed by atoms with E-state index in [4.69, 9.17) is 0 Å². The van der Waals surface area contributed by atoms with Crippen LogP contribution in [0.3, 0.4) is 0 Å². The first-order valence-corrected chi connectivity index (χ1v) is 11.4. The number of H-pyrrole nitrogens is 1. The molecule has 0 spiro atoms. The third kappa shape index (κ3) is 7.48. The van der Waals surface area contributed by atoms with Crippen LogP contribution in [-0.4, -0.2) is 66.4 Å². The van der Waals surface area contributed by atoms with E-state index in [1.807, 2.05) is 41.3 Å². The highest BCUT2D eigenvalue weighted by Crippen LogP contribution is 2.20. The lowest BCUT2D eigenvalue weighted by molar-refractivity contribution is -0.127. The van der Waals surface area contributed by atoms with Crippen molar-refractivity contribution < 1.29 is 9.59 Å². The Bertz CT molecular complexity index is 748. The zero-order chi connectivity index (χ0) is 19.6. The molecule has 0 aliphatic rings. The van der Waals surface area contributed by atoms with Crippen molar-refractivity contribution in [3.63, 3.8) is 0 Å². The number of benzene rings is 1. The van der Waals surface area contributed by atoms with E-state index in [0.29, 0.717) is 13.0 Å². The van der Waals surface area contributed by atoms with Crippen molar-refractivity contribution >= 4 is 44.3 Å². The van der Waals surface area contributed by atoms with Crippen LogP contribution < -0.4 is 10.6 Å². The van der Waals surface area contributed by atoms with Crippen LogP contribution in [0.25, 0.3) is 10.9 Å². The molecule has 3 N–H and O–H groups in total. The largest absolute Gasteiger partial charge is 0.361 e. The molecule has 2 aromatic rings. The summed E-state index contributed by atoms with van der Waals surface area (Å²) in [6, 6.07) is 7.38. The van der Waals surface area contributed by atoms with Gasteiger partial charge in [0, 0.05) is 55.0 Å². The van der Waals surface area contributed by atoms with Gasteiger partial charge in [-0.1, -0.05) is 39.8 Å². The molecule has 1 aromatic heterocycles. The molecule has 0 aliphatic carbocycles. The summed E-state index contributed by atoms with van der Waals surface area (Å²) < 4.78 is 0. The summed E-state index contributed by atoms with van der Waals surface area (Å²) in [7, 11) is 7.67. The molecule has 1 aromatic carbocycles. The molecular formula is C19H28N4O2S2. The highest BCUT2D eigenvalue weighted by molar-refractivity contribution is 8.76. The summed E-state index contributed by atoms with van der Waals surface area (Å²) in [5, 5.41) is 6.79. The highest BCUT2D eigenvalue weighted by Gasteiger charge is 2.21. The van der Waals surface area contributed by atoms with Gasteiger partial charge in [0.15, 0.2) is 0 Å². The standard InChI is InChI=1S/C19H28N4O2S2/c1-14(24)22-18(12-15-13-21-17-7-5-4-6-16(15)17)19(25)20-8-10-26-27-11-9-23(2)3/h4-7,13,18,21H,8-12H2,1-3H3,(H,20,25)(H,22,24). The molecule has 2 rings (SSSR count). The monoisotopic (exact) mass is 408 g/mol. The van der Waals surface area contributed by atoms with Crippen molar-refractivity contribution in [2.24, 2.45) is 0 Å². The van der Waals surface area contributed by atoms with E-state index in [-0.39, 0.29) is 11.8 Å². The third-order valence-electron chi connectivity index (χ3n) is 3.98. The molecule has 0 radical (unpaired) electrons. The Morgan fingerprint density at radius 2 is 1.93 bits per heavy atom. The van der Waals surface area contributed by atoms with Gasteiger partial charge in [-0.05, 0) is 25.7 Å². The Morgan fingerprint density at radius 3 is 2.67 bits per heavy atom. The summed E-state index contributed by atoms with van der Waals surface area (Å²) in [5.74, 6) is 1.54. The maximum absolute atomic E-state index is 12.6. The minimum Gasteiger partial charge on any atom is -0.361 e. The lowest BCUT2D eigenvalue weighted by Gasteiger charge is -2.17. The molecule has 8 heteroatoms. The van der Waals surface area contributed by atoms with Gasteiger partial charge in [-0.25, -0.2) is 0 Å². The van der Waals surface area contributed by atoms with Gasteiger partial charge in [0.25, 0.3) is 0 Å². The summed E-state index contributed by atoms with van der Waals surface area (Å²) in [5.41, 5.74) is 2.05. The van der Waals surface area contributed by atoms with Gasteiger partial charge in [0.2, 0.25) is 11.8 Å². The Kier molecular flexibility index (Phi) is 9.03. The van der Waals surface area contributed by atoms with Crippen LogP contribution >= 0.6 is 21.6 Å². The highest BCUT2D eigenvalue weighted by atomic mass is 33.1. The Labute approximate surface area is 168 Å². The first-order valence-electron chi connectivity index (χ1n) is 8.96. The summed E-state index contributed by atoms with van der Waals surface area (Å²) in [4.78, 5) is 29.5. The van der Waals surface area contributed by atoms with Crippen molar-refractivity contribution in [3.8, 4) is 0 Å². The van der Waals surface area contributed by atoms with Gasteiger partial charge in [-0.3, -0.25) is 9.59 Å². The maximum Gasteiger partial charge on any atom is 0.242 e. The topological polar surface area (TPSA) is 77.2 Å². The van der Waals surface area contributed by atoms with Crippen molar-refractivity contribution in [1.82, 2.24) is 20.5 Å². The van der Waals surface area contributed by atoms with Crippen LogP contribution in [0.2, 0.25) is 0 Å². The van der Waals surface area contributed by atoms with E-state index >= 15 is 0 Å². The van der Waals surface area contributed by atoms with E-state index < -0.39 is 6.04 Å². The Hall–Kier alpha value is -1.64. The second-order valence-electron chi connectivity index (χ2n) is 6.55. The van der Waals surface area contributed by atoms with Crippen molar-refractivity contribution in [1.29, 1.82) is 0 Å². The normalized spacial score (nSPS) is 12.3. The number of nitrogens with one attached hydrogen (secondary N) is 3. The number of rotatable bonds is 11. The van der Waals surface area contributed by atoms with Gasteiger partial charge in [0.1, 0.15) is 6.04 Å². The predicted octanol–water partition coefficient (Wildman–Crippen LogP) is 2.27. The smallest absolute Gasteiger partial charge is 0.242 e. The Morgan fingerprint density at radius 1 is 1.19 bits per heavy atom. The van der Waals surface area contributed by atoms with Crippen LogP contribution in [-0.2, 0) is 16.0 Å². The zero-order valence-corrected chi connectivity index (χ0v) is 17.7. The van der Waals surface area contributed by atoms with Gasteiger partial charge in [-0.15, -0.1) is 0 Å². The fourth-order valence-corrected chi connectivity index (χ4v) is 4.69. The molecule has 148 valence electrons. The van der Waals surface area contributed by atoms with Crippen LogP contribution in [0.15, 0.2) is 30.5 Å².